The van der Waals surface area contributed by atoms with Crippen LogP contribution in [0.5, 0.6) is 0 Å². The normalized spacial score (nSPS) is 19.4. The van der Waals surface area contributed by atoms with Gasteiger partial charge in [-0.2, -0.15) is 0 Å². The molecule has 6 unspecified atom stereocenters. The molecule has 0 bridgehead atoms. The Hall–Kier alpha value is -4.62. The zero-order valence-corrected chi connectivity index (χ0v) is 43.7. The average molecular weight is 993 g/mol. The molecule has 1 heterocycles. The van der Waals surface area contributed by atoms with E-state index in [2.05, 4.69) is 130 Å². The van der Waals surface area contributed by atoms with E-state index in [1.54, 1.807) is 0 Å². The van der Waals surface area contributed by atoms with Crippen molar-refractivity contribution in [3.05, 3.63) is 109 Å². The van der Waals surface area contributed by atoms with Crippen LogP contribution >= 0.6 is 0 Å². The number of carbonyl (C=O) groups is 4. The first-order chi connectivity index (χ1) is 34.6. The van der Waals surface area contributed by atoms with E-state index in [9.17, 15) is 34.5 Å². The maximum absolute atomic E-state index is 13.1. The minimum absolute atomic E-state index is 0.0142. The Kier molecular flexibility index (Phi) is 42.1. The van der Waals surface area contributed by atoms with Gasteiger partial charge in [0.05, 0.1) is 6.61 Å². The minimum atomic E-state index is -1.92. The van der Waals surface area contributed by atoms with Gasteiger partial charge in [0.15, 0.2) is 24.6 Å². The van der Waals surface area contributed by atoms with Gasteiger partial charge in [-0.05, 0) is 116 Å². The van der Waals surface area contributed by atoms with Gasteiger partial charge in [-0.15, -0.1) is 0 Å². The molecule has 1 rings (SSSR count). The summed E-state index contributed by atoms with van der Waals surface area (Å²) in [4.78, 5) is 50.9. The van der Waals surface area contributed by atoms with E-state index >= 15 is 0 Å². The molecule has 1 saturated heterocycles. The fourth-order valence-electron chi connectivity index (χ4n) is 7.29. The summed E-state index contributed by atoms with van der Waals surface area (Å²) in [6, 6.07) is 0. The van der Waals surface area contributed by atoms with Gasteiger partial charge < -0.3 is 39.0 Å². The monoisotopic (exact) mass is 993 g/mol. The molecule has 0 spiro atoms. The zero-order chi connectivity index (χ0) is 51.8. The molecule has 71 heavy (non-hydrogen) atoms. The molecule has 0 aromatic carbocycles. The number of ether oxygens (including phenoxy) is 5. The molecule has 12 heteroatoms. The lowest BCUT2D eigenvalue weighted by atomic mass is 9.98. The van der Waals surface area contributed by atoms with Crippen LogP contribution in [0.25, 0.3) is 0 Å². The van der Waals surface area contributed by atoms with Crippen LogP contribution in [0.2, 0.25) is 0 Å². The van der Waals surface area contributed by atoms with Gasteiger partial charge in [-0.25, -0.2) is 4.79 Å². The molecule has 0 amide bonds. The summed E-state index contributed by atoms with van der Waals surface area (Å²) in [7, 11) is 0. The lowest BCUT2D eigenvalue weighted by Crippen LogP contribution is -2.61. The van der Waals surface area contributed by atoms with Gasteiger partial charge in [-0.3, -0.25) is 14.4 Å². The van der Waals surface area contributed by atoms with Crippen molar-refractivity contribution in [2.45, 2.75) is 225 Å². The number of aliphatic hydroxyl groups excluding tert-OH is 2. The number of carbonyl (C=O) groups excluding carboxylic acids is 3. The molecule has 0 aromatic heterocycles. The number of aliphatic carboxylic acids is 1. The molecule has 400 valence electrons. The summed E-state index contributed by atoms with van der Waals surface area (Å²) in [6.07, 6.45) is 49.4. The second-order valence-electron chi connectivity index (χ2n) is 17.7. The molecule has 3 N–H and O–H groups in total. The minimum Gasteiger partial charge on any atom is -0.479 e. The highest BCUT2D eigenvalue weighted by atomic mass is 16.7. The Bertz CT molecular complexity index is 1650. The summed E-state index contributed by atoms with van der Waals surface area (Å²) in [5, 5.41) is 31.4. The van der Waals surface area contributed by atoms with E-state index in [1.165, 1.54) is 0 Å². The number of esters is 3. The van der Waals surface area contributed by atoms with Gasteiger partial charge in [0.1, 0.15) is 18.8 Å². The number of allylic oxidation sites excluding steroid dienone is 18. The van der Waals surface area contributed by atoms with Crippen molar-refractivity contribution in [1.82, 2.24) is 0 Å². The smallest absolute Gasteiger partial charge is 0.335 e. The number of carboxylic acids is 1. The third-order valence-corrected chi connectivity index (χ3v) is 11.3. The number of aliphatic hydroxyl groups is 2. The van der Waals surface area contributed by atoms with Crippen molar-refractivity contribution < 1.29 is 58.2 Å². The maximum atomic E-state index is 13.1. The highest BCUT2D eigenvalue weighted by Gasteiger charge is 2.50. The van der Waals surface area contributed by atoms with Crippen LogP contribution in [0.15, 0.2) is 109 Å². The summed E-state index contributed by atoms with van der Waals surface area (Å²) < 4.78 is 28.2. The van der Waals surface area contributed by atoms with E-state index in [0.29, 0.717) is 19.3 Å². The highest BCUT2D eigenvalue weighted by molar-refractivity contribution is 5.74. The molecule has 0 radical (unpaired) electrons. The summed E-state index contributed by atoms with van der Waals surface area (Å²) in [5.41, 5.74) is 0. The lowest BCUT2D eigenvalue weighted by Gasteiger charge is -2.40. The fraction of sp³-hybridized carbons (Fsp3) is 0.627. The van der Waals surface area contributed by atoms with Crippen LogP contribution in [0.1, 0.15) is 188 Å². The third-order valence-electron chi connectivity index (χ3n) is 11.3. The first-order valence-electron chi connectivity index (χ1n) is 26.9. The largest absolute Gasteiger partial charge is 0.479 e. The predicted octanol–water partition coefficient (Wildman–Crippen LogP) is 13.1. The Labute approximate surface area is 427 Å². The van der Waals surface area contributed by atoms with Gasteiger partial charge in [0.25, 0.3) is 0 Å². The second kappa shape index (κ2) is 46.5. The molecular weight excluding hydrogens is 901 g/mol. The standard InChI is InChI=1S/C59H92O12/c1-4-7-10-13-16-19-22-25-26-29-30-33-36-39-42-45-51(60)67-48-50(69-52(61)46-43-40-37-34-31-27-23-20-17-14-11-8-5-2)49-68-59-57(55(64)54(63)56(71-59)58(65)66)70-53(62)47-44-41-38-35-32-28-24-21-18-15-12-9-6-3/h7-12,16-21,25-28,31-32,50,54-57,59,63-64H,4-6,13-15,22-24,29-30,33-49H2,1-3H3,(H,65,66)/b10-7-,11-8-,12-9-,19-16-,20-17-,21-18-,26-25-,31-27-,32-28-. The fourth-order valence-corrected chi connectivity index (χ4v) is 7.29. The SMILES string of the molecule is CC/C=C\C/C=C\C/C=C\CCCCCCCC(=O)OCC(COC1OC(C(=O)O)C(O)C(O)C1OC(=O)CCCCC/C=C\C/C=C\C/C=C\CC)OC(=O)CCCCC/C=C\C/C=C\C/C=C\CC. The van der Waals surface area contributed by atoms with Crippen molar-refractivity contribution in [3.63, 3.8) is 0 Å². The first-order valence-corrected chi connectivity index (χ1v) is 26.9. The Morgan fingerprint density at radius 1 is 0.465 bits per heavy atom. The predicted molar refractivity (Wildman–Crippen MR) is 284 cm³/mol. The maximum Gasteiger partial charge on any atom is 0.335 e. The van der Waals surface area contributed by atoms with Gasteiger partial charge in [0, 0.05) is 19.3 Å². The zero-order valence-electron chi connectivity index (χ0n) is 43.7. The highest BCUT2D eigenvalue weighted by Crippen LogP contribution is 2.26. The van der Waals surface area contributed by atoms with Crippen molar-refractivity contribution in [3.8, 4) is 0 Å². The number of carboxylic acid groups (broad SMARTS) is 1. The van der Waals surface area contributed by atoms with E-state index in [-0.39, 0.29) is 25.9 Å². The molecule has 1 aliphatic heterocycles. The quantitative estimate of drug-likeness (QED) is 0.0229. The number of hydrogen-bond acceptors (Lipinski definition) is 11. The summed E-state index contributed by atoms with van der Waals surface area (Å²) in [5.74, 6) is -3.24. The second-order valence-corrected chi connectivity index (χ2v) is 17.7. The lowest BCUT2D eigenvalue weighted by molar-refractivity contribution is -0.301. The molecule has 6 atom stereocenters. The van der Waals surface area contributed by atoms with E-state index in [4.69, 9.17) is 23.7 Å². The number of rotatable bonds is 43. The van der Waals surface area contributed by atoms with E-state index < -0.39 is 67.3 Å². The van der Waals surface area contributed by atoms with Crippen molar-refractivity contribution in [2.24, 2.45) is 0 Å². The van der Waals surface area contributed by atoms with Gasteiger partial charge >= 0.3 is 23.9 Å². The Balaban J connectivity index is 2.78. The number of unbranched alkanes of at least 4 members (excludes halogenated alkanes) is 11. The van der Waals surface area contributed by atoms with E-state index in [0.717, 1.165) is 128 Å². The van der Waals surface area contributed by atoms with Crippen LogP contribution in [0.4, 0.5) is 0 Å². The van der Waals surface area contributed by atoms with Gasteiger partial charge in [-0.1, -0.05) is 162 Å². The summed E-state index contributed by atoms with van der Waals surface area (Å²) >= 11 is 0. The van der Waals surface area contributed by atoms with Crippen molar-refractivity contribution >= 4 is 23.9 Å². The van der Waals surface area contributed by atoms with Crippen molar-refractivity contribution in [2.75, 3.05) is 13.2 Å². The Morgan fingerprint density at radius 3 is 1.30 bits per heavy atom. The van der Waals surface area contributed by atoms with Crippen LogP contribution in [0, 0.1) is 0 Å². The van der Waals surface area contributed by atoms with Gasteiger partial charge in [0.2, 0.25) is 0 Å². The number of hydrogen-bond donors (Lipinski definition) is 3. The van der Waals surface area contributed by atoms with Crippen LogP contribution in [0.3, 0.4) is 0 Å². The molecule has 1 aliphatic rings. The molecule has 12 nitrogen and oxygen atoms in total. The van der Waals surface area contributed by atoms with Crippen LogP contribution in [-0.2, 0) is 42.9 Å². The molecule has 1 fully saturated rings. The molecule has 0 aliphatic carbocycles. The van der Waals surface area contributed by atoms with Crippen LogP contribution < -0.4 is 0 Å². The topological polar surface area (TPSA) is 175 Å². The molecule has 0 aromatic rings. The summed E-state index contributed by atoms with van der Waals surface area (Å²) in [6.45, 7) is 5.56. The first kappa shape index (κ1) is 64.4. The van der Waals surface area contributed by atoms with Crippen LogP contribution in [-0.4, -0.2) is 89.2 Å². The van der Waals surface area contributed by atoms with Crippen molar-refractivity contribution in [1.29, 1.82) is 0 Å². The average Bonchev–Trinajstić information content (AvgIpc) is 3.35. The molecule has 0 saturated carbocycles. The third kappa shape index (κ3) is 36.9. The molecular formula is C59H92O12. The van der Waals surface area contributed by atoms with E-state index in [1.807, 2.05) is 0 Å². The Morgan fingerprint density at radius 2 is 0.845 bits per heavy atom.